The van der Waals surface area contributed by atoms with E-state index in [-0.39, 0.29) is 49.2 Å². The molecule has 0 aromatic heterocycles. The van der Waals surface area contributed by atoms with E-state index in [1.807, 2.05) is 6.92 Å². The number of halogens is 2. The number of hydrogen-bond donors (Lipinski definition) is 2. The van der Waals surface area contributed by atoms with Gasteiger partial charge >= 0.3 is 5.97 Å². The Kier molecular flexibility index (Phi) is 7.78. The summed E-state index contributed by atoms with van der Waals surface area (Å²) in [7, 11) is 0. The quantitative estimate of drug-likeness (QED) is 0.490. The van der Waals surface area contributed by atoms with E-state index in [2.05, 4.69) is 0 Å². The Labute approximate surface area is 160 Å². The monoisotopic (exact) mass is 388 g/mol. The lowest BCUT2D eigenvalue weighted by Gasteiger charge is -2.44. The normalized spacial score (nSPS) is 31.1. The average Bonchev–Trinajstić information content (AvgIpc) is 2.90. The van der Waals surface area contributed by atoms with Crippen LogP contribution in [0, 0.1) is 17.8 Å². The number of hydrogen-bond acceptors (Lipinski definition) is 3. The van der Waals surface area contributed by atoms with Gasteiger partial charge in [0.2, 0.25) is 0 Å². The molecule has 2 aliphatic rings. The first kappa shape index (κ1) is 22.3. The molecule has 4 atom stereocenters. The smallest absolute Gasteiger partial charge is 0.303 e. The third-order valence-corrected chi connectivity index (χ3v) is 6.67. The number of alkyl halides is 2. The van der Waals surface area contributed by atoms with Gasteiger partial charge in [0.25, 0.3) is 5.92 Å². The fraction of sp³-hybridized carbons (Fsp3) is 0.905. The standard InChI is InChI=1S/C21H34F2O4/c1-2-3-11-21(22,23)20(27)12-10-16-15(14-20)13-18(24)17(16)8-6-4-5-7-9-19(25)26/h15-17,27H,2-14H2,1H3,(H,25,26)/t15-,16-,17+,20+/m0/s1. The third kappa shape index (κ3) is 5.49. The van der Waals surface area contributed by atoms with Crippen LogP contribution in [0.3, 0.4) is 0 Å². The number of fused-ring (bicyclic) bond motifs is 1. The SMILES string of the molecule is CCCCC(F)(F)[C@@]1(O)CC[C@H]2[C@@H](CC(=O)[C@@H]2CCCCCCC(=O)O)C1. The lowest BCUT2D eigenvalue weighted by Crippen LogP contribution is -2.52. The molecule has 2 saturated carbocycles. The molecule has 6 heteroatoms. The predicted octanol–water partition coefficient (Wildman–Crippen LogP) is 4.97. The molecule has 0 bridgehead atoms. The Morgan fingerprint density at radius 1 is 1.22 bits per heavy atom. The van der Waals surface area contributed by atoms with Crippen molar-refractivity contribution in [1.29, 1.82) is 0 Å². The number of carbonyl (C=O) groups is 2. The summed E-state index contributed by atoms with van der Waals surface area (Å²) < 4.78 is 29.1. The largest absolute Gasteiger partial charge is 0.481 e. The van der Waals surface area contributed by atoms with Gasteiger partial charge in [0.1, 0.15) is 11.4 Å². The zero-order valence-electron chi connectivity index (χ0n) is 16.4. The lowest BCUT2D eigenvalue weighted by molar-refractivity contribution is -0.210. The van der Waals surface area contributed by atoms with Gasteiger partial charge in [-0.2, -0.15) is 0 Å². The van der Waals surface area contributed by atoms with Gasteiger partial charge in [-0.05, 0) is 50.4 Å². The second kappa shape index (κ2) is 9.44. The molecule has 0 aromatic rings. The van der Waals surface area contributed by atoms with Crippen molar-refractivity contribution in [3.63, 3.8) is 0 Å². The van der Waals surface area contributed by atoms with Gasteiger partial charge in [0.05, 0.1) is 0 Å². The third-order valence-electron chi connectivity index (χ3n) is 6.67. The van der Waals surface area contributed by atoms with Crippen LogP contribution in [0.25, 0.3) is 0 Å². The average molecular weight is 388 g/mol. The Morgan fingerprint density at radius 3 is 2.59 bits per heavy atom. The fourth-order valence-electron chi connectivity index (χ4n) is 5.06. The molecular formula is C21H34F2O4. The van der Waals surface area contributed by atoms with Crippen LogP contribution in [0.1, 0.15) is 90.4 Å². The first-order valence-corrected chi connectivity index (χ1v) is 10.5. The summed E-state index contributed by atoms with van der Waals surface area (Å²) in [4.78, 5) is 22.9. The number of unbranched alkanes of at least 4 members (excludes halogenated alkanes) is 4. The van der Waals surface area contributed by atoms with Crippen LogP contribution in [0.5, 0.6) is 0 Å². The van der Waals surface area contributed by atoms with E-state index in [1.54, 1.807) is 0 Å². The van der Waals surface area contributed by atoms with E-state index in [0.717, 1.165) is 25.7 Å². The molecule has 2 aliphatic carbocycles. The minimum Gasteiger partial charge on any atom is -0.481 e. The van der Waals surface area contributed by atoms with E-state index in [9.17, 15) is 23.5 Å². The van der Waals surface area contributed by atoms with E-state index in [4.69, 9.17) is 5.11 Å². The van der Waals surface area contributed by atoms with E-state index in [0.29, 0.717) is 32.1 Å². The number of carbonyl (C=O) groups excluding carboxylic acids is 1. The number of rotatable bonds is 11. The minimum absolute atomic E-state index is 0.0369. The zero-order valence-corrected chi connectivity index (χ0v) is 16.4. The van der Waals surface area contributed by atoms with Gasteiger partial charge in [-0.15, -0.1) is 0 Å². The molecule has 0 saturated heterocycles. The van der Waals surface area contributed by atoms with Crippen molar-refractivity contribution in [2.24, 2.45) is 17.8 Å². The molecule has 0 spiro atoms. The van der Waals surface area contributed by atoms with Crippen LogP contribution in [0.2, 0.25) is 0 Å². The highest BCUT2D eigenvalue weighted by molar-refractivity contribution is 5.84. The highest BCUT2D eigenvalue weighted by Crippen LogP contribution is 2.53. The van der Waals surface area contributed by atoms with E-state index >= 15 is 0 Å². The highest BCUT2D eigenvalue weighted by Gasteiger charge is 2.58. The van der Waals surface area contributed by atoms with Crippen LogP contribution in [-0.4, -0.2) is 33.5 Å². The van der Waals surface area contributed by atoms with E-state index < -0.39 is 17.5 Å². The van der Waals surface area contributed by atoms with Crippen molar-refractivity contribution in [3.05, 3.63) is 0 Å². The van der Waals surface area contributed by atoms with Crippen LogP contribution >= 0.6 is 0 Å². The van der Waals surface area contributed by atoms with Gasteiger partial charge in [0, 0.05) is 25.2 Å². The molecule has 0 aliphatic heterocycles. The maximum atomic E-state index is 14.5. The molecule has 156 valence electrons. The van der Waals surface area contributed by atoms with Crippen LogP contribution in [0.4, 0.5) is 8.78 Å². The van der Waals surface area contributed by atoms with Crippen LogP contribution < -0.4 is 0 Å². The summed E-state index contributed by atoms with van der Waals surface area (Å²) in [5, 5.41) is 19.3. The molecule has 27 heavy (non-hydrogen) atoms. The van der Waals surface area contributed by atoms with Gasteiger partial charge in [0.15, 0.2) is 0 Å². The summed E-state index contributed by atoms with van der Waals surface area (Å²) >= 11 is 0. The molecule has 4 nitrogen and oxygen atoms in total. The maximum Gasteiger partial charge on any atom is 0.303 e. The van der Waals surface area contributed by atoms with Crippen LogP contribution in [0.15, 0.2) is 0 Å². The van der Waals surface area contributed by atoms with Crippen molar-refractivity contribution in [2.75, 3.05) is 0 Å². The summed E-state index contributed by atoms with van der Waals surface area (Å²) in [5.41, 5.74) is -1.96. The predicted molar refractivity (Wildman–Crippen MR) is 98.7 cm³/mol. The van der Waals surface area contributed by atoms with Crippen molar-refractivity contribution >= 4 is 11.8 Å². The van der Waals surface area contributed by atoms with Crippen molar-refractivity contribution in [3.8, 4) is 0 Å². The number of ketones is 1. The Bertz CT molecular complexity index is 522. The van der Waals surface area contributed by atoms with Gasteiger partial charge < -0.3 is 10.2 Å². The first-order valence-electron chi connectivity index (χ1n) is 10.5. The van der Waals surface area contributed by atoms with Gasteiger partial charge in [-0.25, -0.2) is 8.78 Å². The van der Waals surface area contributed by atoms with Gasteiger partial charge in [-0.1, -0.05) is 32.6 Å². The molecule has 0 heterocycles. The second-order valence-electron chi connectivity index (χ2n) is 8.63. The molecule has 2 N–H and O–H groups in total. The summed E-state index contributed by atoms with van der Waals surface area (Å²) in [6.07, 6.45) is 5.91. The Balaban J connectivity index is 1.84. The maximum absolute atomic E-state index is 14.5. The number of Topliss-reactive ketones (excluding diaryl/α,β-unsaturated/α-hetero) is 1. The molecular weight excluding hydrogens is 354 g/mol. The molecule has 0 amide bonds. The minimum atomic E-state index is -3.08. The Hall–Kier alpha value is -1.04. The summed E-state index contributed by atoms with van der Waals surface area (Å²) in [6, 6.07) is 0. The highest BCUT2D eigenvalue weighted by atomic mass is 19.3. The van der Waals surface area contributed by atoms with E-state index in [1.165, 1.54) is 0 Å². The lowest BCUT2D eigenvalue weighted by atomic mass is 9.67. The van der Waals surface area contributed by atoms with Crippen molar-refractivity contribution in [2.45, 2.75) is 102 Å². The fourth-order valence-corrected chi connectivity index (χ4v) is 5.06. The number of aliphatic hydroxyl groups is 1. The Morgan fingerprint density at radius 2 is 1.93 bits per heavy atom. The molecule has 0 aromatic carbocycles. The van der Waals surface area contributed by atoms with Gasteiger partial charge in [-0.3, -0.25) is 9.59 Å². The first-order chi connectivity index (χ1) is 12.7. The molecule has 2 fully saturated rings. The number of carboxylic acid groups (broad SMARTS) is 1. The molecule has 2 rings (SSSR count). The molecule has 0 unspecified atom stereocenters. The zero-order chi connectivity index (χ0) is 20.1. The second-order valence-corrected chi connectivity index (χ2v) is 8.63. The molecule has 0 radical (unpaired) electrons. The van der Waals surface area contributed by atoms with Crippen LogP contribution in [-0.2, 0) is 9.59 Å². The topological polar surface area (TPSA) is 74.6 Å². The van der Waals surface area contributed by atoms with Crippen molar-refractivity contribution < 1.29 is 28.6 Å². The summed E-state index contributed by atoms with van der Waals surface area (Å²) in [5.74, 6) is -3.77. The van der Waals surface area contributed by atoms with Crippen molar-refractivity contribution in [1.82, 2.24) is 0 Å². The summed E-state index contributed by atoms with van der Waals surface area (Å²) in [6.45, 7) is 1.86. The number of carboxylic acids is 1. The number of aliphatic carboxylic acids is 1.